The largest absolute Gasteiger partial charge is 0.312 e. The van der Waals surface area contributed by atoms with Gasteiger partial charge in [0.15, 0.2) is 0 Å². The maximum Gasteiger partial charge on any atom is 0.0223 e. The molecule has 3 aliphatic rings. The molecule has 1 saturated heterocycles. The molecule has 3 fully saturated rings. The van der Waals surface area contributed by atoms with Gasteiger partial charge in [0, 0.05) is 19.1 Å². The van der Waals surface area contributed by atoms with Crippen LogP contribution < -0.4 is 5.32 Å². The topological polar surface area (TPSA) is 15.3 Å². The number of hydrogen-bond donors (Lipinski definition) is 1. The molecule has 1 unspecified atom stereocenters. The Balaban J connectivity index is 1.56. The first kappa shape index (κ1) is 12.9. The molecule has 1 N–H and O–H groups in total. The van der Waals surface area contributed by atoms with E-state index in [2.05, 4.69) is 17.1 Å². The van der Waals surface area contributed by atoms with Crippen molar-refractivity contribution in [3.8, 4) is 0 Å². The lowest BCUT2D eigenvalue weighted by molar-refractivity contribution is 0.118. The van der Waals surface area contributed by atoms with Crippen molar-refractivity contribution in [2.45, 2.75) is 64.3 Å². The lowest BCUT2D eigenvalue weighted by Crippen LogP contribution is -2.43. The van der Waals surface area contributed by atoms with E-state index >= 15 is 0 Å². The Morgan fingerprint density at radius 1 is 1.11 bits per heavy atom. The Hall–Kier alpha value is -0.0800. The van der Waals surface area contributed by atoms with Gasteiger partial charge in [-0.3, -0.25) is 0 Å². The zero-order valence-corrected chi connectivity index (χ0v) is 12.1. The molecule has 1 atom stereocenters. The van der Waals surface area contributed by atoms with Crippen LogP contribution >= 0.6 is 0 Å². The SMILES string of the molecule is CC1(CN2CCCNC(C3CC3)C2)CCCCC1. The van der Waals surface area contributed by atoms with Gasteiger partial charge in [-0.25, -0.2) is 0 Å². The fourth-order valence-electron chi connectivity index (χ4n) is 4.09. The highest BCUT2D eigenvalue weighted by Gasteiger charge is 2.35. The first-order valence-corrected chi connectivity index (χ1v) is 8.21. The predicted molar refractivity (Wildman–Crippen MR) is 76.8 cm³/mol. The van der Waals surface area contributed by atoms with Crippen LogP contribution in [0.1, 0.15) is 58.3 Å². The molecular weight excluding hydrogens is 220 g/mol. The van der Waals surface area contributed by atoms with Crippen LogP contribution in [0.3, 0.4) is 0 Å². The fraction of sp³-hybridized carbons (Fsp3) is 1.00. The van der Waals surface area contributed by atoms with Crippen LogP contribution in [-0.4, -0.2) is 37.1 Å². The lowest BCUT2D eigenvalue weighted by Gasteiger charge is -2.38. The number of nitrogens with one attached hydrogen (secondary N) is 1. The van der Waals surface area contributed by atoms with Crippen LogP contribution in [0.2, 0.25) is 0 Å². The molecule has 0 aromatic heterocycles. The van der Waals surface area contributed by atoms with Crippen molar-refractivity contribution in [2.75, 3.05) is 26.2 Å². The number of nitrogens with zero attached hydrogens (tertiary/aromatic N) is 1. The second kappa shape index (κ2) is 5.50. The summed E-state index contributed by atoms with van der Waals surface area (Å²) in [5.74, 6) is 1.00. The summed E-state index contributed by atoms with van der Waals surface area (Å²) >= 11 is 0. The standard InChI is InChI=1S/C16H30N2/c1-16(8-3-2-4-9-16)13-18-11-5-10-17-15(12-18)14-6-7-14/h14-15,17H,2-13H2,1H3. The van der Waals surface area contributed by atoms with Crippen molar-refractivity contribution in [1.82, 2.24) is 10.2 Å². The van der Waals surface area contributed by atoms with E-state index in [1.54, 1.807) is 0 Å². The highest BCUT2D eigenvalue weighted by Crippen LogP contribution is 2.38. The molecule has 0 aromatic carbocycles. The molecule has 0 bridgehead atoms. The van der Waals surface area contributed by atoms with Gasteiger partial charge in [-0.05, 0) is 56.5 Å². The van der Waals surface area contributed by atoms with E-state index in [1.807, 2.05) is 0 Å². The second-order valence-corrected chi connectivity index (χ2v) is 7.36. The molecule has 1 aliphatic heterocycles. The number of hydrogen-bond acceptors (Lipinski definition) is 2. The van der Waals surface area contributed by atoms with Gasteiger partial charge in [-0.2, -0.15) is 0 Å². The lowest BCUT2D eigenvalue weighted by atomic mass is 9.75. The molecule has 2 heteroatoms. The van der Waals surface area contributed by atoms with Crippen molar-refractivity contribution in [2.24, 2.45) is 11.3 Å². The van der Waals surface area contributed by atoms with Gasteiger partial charge in [0.1, 0.15) is 0 Å². The monoisotopic (exact) mass is 250 g/mol. The molecule has 0 radical (unpaired) electrons. The summed E-state index contributed by atoms with van der Waals surface area (Å²) in [4.78, 5) is 2.79. The summed E-state index contributed by atoms with van der Waals surface area (Å²) in [5.41, 5.74) is 0.622. The van der Waals surface area contributed by atoms with E-state index in [1.165, 1.54) is 77.5 Å². The molecule has 2 nitrogen and oxygen atoms in total. The zero-order valence-electron chi connectivity index (χ0n) is 12.1. The molecule has 2 saturated carbocycles. The summed E-state index contributed by atoms with van der Waals surface area (Å²) in [6.07, 6.45) is 11.6. The van der Waals surface area contributed by atoms with Crippen LogP contribution in [0, 0.1) is 11.3 Å². The summed E-state index contributed by atoms with van der Waals surface area (Å²) in [7, 11) is 0. The second-order valence-electron chi connectivity index (χ2n) is 7.36. The summed E-state index contributed by atoms with van der Waals surface area (Å²) < 4.78 is 0. The highest BCUT2D eigenvalue weighted by molar-refractivity contribution is 4.91. The third-order valence-electron chi connectivity index (χ3n) is 5.37. The highest BCUT2D eigenvalue weighted by atomic mass is 15.2. The average molecular weight is 250 g/mol. The molecule has 104 valence electrons. The van der Waals surface area contributed by atoms with Gasteiger partial charge in [0.05, 0.1) is 0 Å². The van der Waals surface area contributed by atoms with Gasteiger partial charge in [-0.15, -0.1) is 0 Å². The van der Waals surface area contributed by atoms with Crippen LogP contribution in [0.4, 0.5) is 0 Å². The smallest absolute Gasteiger partial charge is 0.0223 e. The van der Waals surface area contributed by atoms with Gasteiger partial charge in [0.25, 0.3) is 0 Å². The number of rotatable bonds is 3. The third kappa shape index (κ3) is 3.27. The minimum Gasteiger partial charge on any atom is -0.312 e. The van der Waals surface area contributed by atoms with E-state index in [4.69, 9.17) is 0 Å². The first-order chi connectivity index (χ1) is 8.75. The quantitative estimate of drug-likeness (QED) is 0.828. The van der Waals surface area contributed by atoms with Crippen LogP contribution in [0.25, 0.3) is 0 Å². The van der Waals surface area contributed by atoms with Crippen molar-refractivity contribution in [3.63, 3.8) is 0 Å². The van der Waals surface area contributed by atoms with Crippen molar-refractivity contribution in [1.29, 1.82) is 0 Å². The van der Waals surface area contributed by atoms with E-state index < -0.39 is 0 Å². The van der Waals surface area contributed by atoms with Crippen molar-refractivity contribution >= 4 is 0 Å². The van der Waals surface area contributed by atoms with Crippen LogP contribution in [0.5, 0.6) is 0 Å². The fourth-order valence-corrected chi connectivity index (χ4v) is 4.09. The molecular formula is C16H30N2. The summed E-state index contributed by atoms with van der Waals surface area (Å²) in [5, 5.41) is 3.78. The normalized spacial score (nSPS) is 34.2. The summed E-state index contributed by atoms with van der Waals surface area (Å²) in [6, 6.07) is 0.805. The zero-order chi connectivity index (χ0) is 12.4. The third-order valence-corrected chi connectivity index (χ3v) is 5.37. The van der Waals surface area contributed by atoms with Crippen LogP contribution in [0.15, 0.2) is 0 Å². The Morgan fingerprint density at radius 3 is 2.61 bits per heavy atom. The Kier molecular flexibility index (Phi) is 3.95. The molecule has 0 aromatic rings. The maximum absolute atomic E-state index is 3.78. The van der Waals surface area contributed by atoms with E-state index in [0.717, 1.165) is 12.0 Å². The minimum atomic E-state index is 0.622. The maximum atomic E-state index is 3.78. The van der Waals surface area contributed by atoms with Crippen molar-refractivity contribution in [3.05, 3.63) is 0 Å². The Bertz CT molecular complexity index is 266. The van der Waals surface area contributed by atoms with Crippen molar-refractivity contribution < 1.29 is 0 Å². The van der Waals surface area contributed by atoms with Gasteiger partial charge in [0.2, 0.25) is 0 Å². The molecule has 0 amide bonds. The molecule has 18 heavy (non-hydrogen) atoms. The Morgan fingerprint density at radius 2 is 1.89 bits per heavy atom. The van der Waals surface area contributed by atoms with E-state index in [9.17, 15) is 0 Å². The first-order valence-electron chi connectivity index (χ1n) is 8.21. The summed E-state index contributed by atoms with van der Waals surface area (Å²) in [6.45, 7) is 7.79. The molecule has 0 spiro atoms. The van der Waals surface area contributed by atoms with E-state index in [-0.39, 0.29) is 0 Å². The Labute approximate surface area is 113 Å². The predicted octanol–water partition coefficient (Wildman–Crippen LogP) is 3.03. The van der Waals surface area contributed by atoms with Gasteiger partial charge < -0.3 is 10.2 Å². The molecule has 1 heterocycles. The van der Waals surface area contributed by atoms with Gasteiger partial charge >= 0.3 is 0 Å². The minimum absolute atomic E-state index is 0.622. The van der Waals surface area contributed by atoms with E-state index in [0.29, 0.717) is 5.41 Å². The molecule has 3 rings (SSSR count). The van der Waals surface area contributed by atoms with Crippen LogP contribution in [-0.2, 0) is 0 Å². The molecule has 2 aliphatic carbocycles. The van der Waals surface area contributed by atoms with Gasteiger partial charge in [-0.1, -0.05) is 26.2 Å². The average Bonchev–Trinajstić information content (AvgIpc) is 3.15.